The molecule has 1 aromatic rings. The van der Waals surface area contributed by atoms with Gasteiger partial charge in [-0.25, -0.2) is 4.99 Å². The van der Waals surface area contributed by atoms with Crippen molar-refractivity contribution in [1.29, 1.82) is 0 Å². The molecule has 0 radical (unpaired) electrons. The molecule has 1 aliphatic heterocycles. The Hall–Kier alpha value is -0.980. The summed E-state index contributed by atoms with van der Waals surface area (Å²) in [6.45, 7) is 7.13. The van der Waals surface area contributed by atoms with Crippen molar-refractivity contribution in [2.24, 2.45) is 16.6 Å². The Morgan fingerprint density at radius 3 is 2.55 bits per heavy atom. The Morgan fingerprint density at radius 2 is 1.95 bits per heavy atom. The maximum Gasteiger partial charge on any atom is 0.191 e. The summed E-state index contributed by atoms with van der Waals surface area (Å²) in [5.41, 5.74) is 9.87. The first-order valence-corrected chi connectivity index (χ1v) is 7.79. The van der Waals surface area contributed by atoms with E-state index in [1.807, 2.05) is 0 Å². The molecule has 0 saturated carbocycles. The number of nitrogens with zero attached hydrogens (tertiary/aromatic N) is 3. The van der Waals surface area contributed by atoms with Gasteiger partial charge in [0, 0.05) is 32.9 Å². The molecule has 1 fully saturated rings. The first-order chi connectivity index (χ1) is 9.97. The van der Waals surface area contributed by atoms with Gasteiger partial charge in [-0.2, -0.15) is 0 Å². The summed E-state index contributed by atoms with van der Waals surface area (Å²) >= 11 is 0. The van der Waals surface area contributed by atoms with Gasteiger partial charge < -0.3 is 15.5 Å². The fourth-order valence-corrected chi connectivity index (χ4v) is 2.73. The molecule has 124 valence electrons. The van der Waals surface area contributed by atoms with Crippen molar-refractivity contribution >= 4 is 35.6 Å². The largest absolute Gasteiger partial charge is 0.377 e. The van der Waals surface area contributed by atoms with E-state index in [-0.39, 0.29) is 24.0 Å². The molecular weight excluding hydrogens is 387 g/mol. The molecule has 0 unspecified atom stereocenters. The lowest BCUT2D eigenvalue weighted by Crippen LogP contribution is -2.42. The van der Waals surface area contributed by atoms with E-state index < -0.39 is 0 Å². The van der Waals surface area contributed by atoms with E-state index in [4.69, 9.17) is 5.73 Å². The summed E-state index contributed by atoms with van der Waals surface area (Å²) in [4.78, 5) is 8.96. The Labute approximate surface area is 151 Å². The van der Waals surface area contributed by atoms with E-state index in [1.165, 1.54) is 29.7 Å². The number of nitrogens with two attached hydrogens (primary N) is 1. The van der Waals surface area contributed by atoms with Gasteiger partial charge >= 0.3 is 0 Å². The number of aliphatic imine (C=N–C) groups is 1. The van der Waals surface area contributed by atoms with Crippen molar-refractivity contribution in [3.63, 3.8) is 0 Å². The van der Waals surface area contributed by atoms with Crippen LogP contribution >= 0.6 is 24.0 Å². The van der Waals surface area contributed by atoms with Gasteiger partial charge in [0.2, 0.25) is 0 Å². The maximum atomic E-state index is 6.16. The van der Waals surface area contributed by atoms with E-state index in [2.05, 4.69) is 60.9 Å². The second-order valence-corrected chi connectivity index (χ2v) is 6.37. The molecule has 22 heavy (non-hydrogen) atoms. The van der Waals surface area contributed by atoms with Crippen LogP contribution in [0.2, 0.25) is 0 Å². The average Bonchev–Trinajstić information content (AvgIpc) is 2.46. The summed E-state index contributed by atoms with van der Waals surface area (Å²) in [5.74, 6) is 1.50. The molecule has 0 aliphatic carbocycles. The lowest BCUT2D eigenvalue weighted by molar-refractivity contribution is 0.277. The first kappa shape index (κ1) is 19.1. The van der Waals surface area contributed by atoms with E-state index in [9.17, 15) is 0 Å². The number of piperidine rings is 1. The SMILES string of the molecule is Cc1ccc(CN=C(N)N2CCC(C)CC2)c(N(C)C)c1.I. The molecule has 1 saturated heterocycles. The van der Waals surface area contributed by atoms with Crippen molar-refractivity contribution < 1.29 is 0 Å². The highest BCUT2D eigenvalue weighted by Gasteiger charge is 2.17. The van der Waals surface area contributed by atoms with Crippen LogP contribution in [0.4, 0.5) is 5.69 Å². The number of likely N-dealkylation sites (tertiary alicyclic amines) is 1. The molecule has 0 spiro atoms. The maximum absolute atomic E-state index is 6.16. The molecule has 0 amide bonds. The predicted octanol–water partition coefficient (Wildman–Crippen LogP) is 3.23. The average molecular weight is 416 g/mol. The van der Waals surface area contributed by atoms with Crippen LogP contribution in [-0.4, -0.2) is 38.0 Å². The number of aryl methyl sites for hydroxylation is 1. The lowest BCUT2D eigenvalue weighted by Gasteiger charge is -2.31. The van der Waals surface area contributed by atoms with Crippen LogP contribution in [-0.2, 0) is 6.54 Å². The number of guanidine groups is 1. The van der Waals surface area contributed by atoms with Gasteiger partial charge in [-0.3, -0.25) is 0 Å². The molecule has 2 rings (SSSR count). The molecule has 0 atom stereocenters. The normalized spacial score (nSPS) is 16.4. The summed E-state index contributed by atoms with van der Waals surface area (Å²) < 4.78 is 0. The lowest BCUT2D eigenvalue weighted by atomic mass is 10.00. The highest BCUT2D eigenvalue weighted by atomic mass is 127. The van der Waals surface area contributed by atoms with Crippen LogP contribution in [0.5, 0.6) is 0 Å². The molecule has 1 aliphatic rings. The summed E-state index contributed by atoms with van der Waals surface area (Å²) in [6, 6.07) is 6.49. The Kier molecular flexibility index (Phi) is 7.45. The minimum atomic E-state index is 0. The van der Waals surface area contributed by atoms with Crippen molar-refractivity contribution in [1.82, 2.24) is 4.90 Å². The van der Waals surface area contributed by atoms with Gasteiger partial charge in [-0.1, -0.05) is 19.1 Å². The standard InChI is InChI=1S/C17H28N4.HI/c1-13-7-9-21(10-8-13)17(18)19-12-15-6-5-14(2)11-16(15)20(3)4;/h5-6,11,13H,7-10,12H2,1-4H3,(H2,18,19);1H. The van der Waals surface area contributed by atoms with Crippen LogP contribution < -0.4 is 10.6 Å². The fourth-order valence-electron chi connectivity index (χ4n) is 2.73. The Balaban J connectivity index is 0.00000242. The number of hydrogen-bond donors (Lipinski definition) is 1. The summed E-state index contributed by atoms with van der Waals surface area (Å²) in [7, 11) is 4.13. The zero-order valence-corrected chi connectivity index (χ0v) is 16.5. The van der Waals surface area contributed by atoms with Crippen LogP contribution in [0, 0.1) is 12.8 Å². The van der Waals surface area contributed by atoms with Crippen LogP contribution in [0.15, 0.2) is 23.2 Å². The van der Waals surface area contributed by atoms with Gasteiger partial charge in [0.25, 0.3) is 0 Å². The molecule has 1 aromatic carbocycles. The second kappa shape index (κ2) is 8.60. The van der Waals surface area contributed by atoms with Crippen molar-refractivity contribution in [2.75, 3.05) is 32.1 Å². The van der Waals surface area contributed by atoms with E-state index >= 15 is 0 Å². The number of anilines is 1. The van der Waals surface area contributed by atoms with Gasteiger partial charge in [0.15, 0.2) is 5.96 Å². The molecule has 2 N–H and O–H groups in total. The van der Waals surface area contributed by atoms with Gasteiger partial charge in [0.05, 0.1) is 6.54 Å². The molecule has 0 bridgehead atoms. The van der Waals surface area contributed by atoms with E-state index in [1.54, 1.807) is 0 Å². The zero-order chi connectivity index (χ0) is 15.4. The minimum absolute atomic E-state index is 0. The van der Waals surface area contributed by atoms with Gasteiger partial charge in [0.1, 0.15) is 0 Å². The third-order valence-corrected chi connectivity index (χ3v) is 4.24. The second-order valence-electron chi connectivity index (χ2n) is 6.37. The summed E-state index contributed by atoms with van der Waals surface area (Å²) in [5, 5.41) is 0. The molecule has 0 aromatic heterocycles. The molecule has 5 heteroatoms. The van der Waals surface area contributed by atoms with Crippen LogP contribution in [0.25, 0.3) is 0 Å². The first-order valence-electron chi connectivity index (χ1n) is 7.79. The topological polar surface area (TPSA) is 44.9 Å². The Morgan fingerprint density at radius 1 is 1.32 bits per heavy atom. The smallest absolute Gasteiger partial charge is 0.191 e. The number of hydrogen-bond acceptors (Lipinski definition) is 2. The minimum Gasteiger partial charge on any atom is -0.377 e. The Bertz CT molecular complexity index is 505. The summed E-state index contributed by atoms with van der Waals surface area (Å²) in [6.07, 6.45) is 2.42. The van der Waals surface area contributed by atoms with E-state index in [0.717, 1.165) is 19.0 Å². The van der Waals surface area contributed by atoms with Crippen LogP contribution in [0.1, 0.15) is 30.9 Å². The number of rotatable bonds is 3. The molecular formula is C17H29IN4. The monoisotopic (exact) mass is 416 g/mol. The van der Waals surface area contributed by atoms with Crippen molar-refractivity contribution in [3.05, 3.63) is 29.3 Å². The molecule has 4 nitrogen and oxygen atoms in total. The van der Waals surface area contributed by atoms with Gasteiger partial charge in [-0.15, -0.1) is 24.0 Å². The van der Waals surface area contributed by atoms with Gasteiger partial charge in [-0.05, 0) is 42.9 Å². The van der Waals surface area contributed by atoms with Crippen LogP contribution in [0.3, 0.4) is 0 Å². The third-order valence-electron chi connectivity index (χ3n) is 4.24. The third kappa shape index (κ3) is 5.04. The van der Waals surface area contributed by atoms with Crippen molar-refractivity contribution in [3.8, 4) is 0 Å². The molecule has 1 heterocycles. The predicted molar refractivity (Wildman–Crippen MR) is 106 cm³/mol. The zero-order valence-electron chi connectivity index (χ0n) is 14.2. The number of benzene rings is 1. The van der Waals surface area contributed by atoms with Crippen molar-refractivity contribution in [2.45, 2.75) is 33.2 Å². The highest BCUT2D eigenvalue weighted by Crippen LogP contribution is 2.21. The highest BCUT2D eigenvalue weighted by molar-refractivity contribution is 14.0. The number of halogens is 1. The van der Waals surface area contributed by atoms with E-state index in [0.29, 0.717) is 12.5 Å². The fraction of sp³-hybridized carbons (Fsp3) is 0.588. The quantitative estimate of drug-likeness (QED) is 0.468.